The molecule has 0 radical (unpaired) electrons. The lowest BCUT2D eigenvalue weighted by Crippen LogP contribution is -2.52. The Morgan fingerprint density at radius 3 is 2.50 bits per heavy atom. The lowest BCUT2D eigenvalue weighted by molar-refractivity contribution is -0.154. The highest BCUT2D eigenvalue weighted by Gasteiger charge is 2.59. The maximum Gasteiger partial charge on any atom is 0.137 e. The summed E-state index contributed by atoms with van der Waals surface area (Å²) in [6.45, 7) is 2.24. The zero-order valence-electron chi connectivity index (χ0n) is 11.0. The summed E-state index contributed by atoms with van der Waals surface area (Å²) in [6, 6.07) is 9.86. The van der Waals surface area contributed by atoms with E-state index in [1.807, 2.05) is 36.4 Å². The maximum atomic E-state index is 11.2. The number of hydrogen-bond acceptors (Lipinski definition) is 2. The molecule has 0 saturated heterocycles. The smallest absolute Gasteiger partial charge is 0.137 e. The summed E-state index contributed by atoms with van der Waals surface area (Å²) in [7, 11) is 1.72. The van der Waals surface area contributed by atoms with E-state index < -0.39 is 11.2 Å². The van der Waals surface area contributed by atoms with Crippen LogP contribution in [-0.2, 0) is 10.3 Å². The number of allylic oxidation sites excluding steroid dienone is 1. The number of aliphatic hydroxyl groups is 1. The van der Waals surface area contributed by atoms with Crippen LogP contribution in [0.15, 0.2) is 42.5 Å². The van der Waals surface area contributed by atoms with Gasteiger partial charge in [0, 0.05) is 7.11 Å². The molecule has 2 aliphatic carbocycles. The van der Waals surface area contributed by atoms with E-state index in [0.29, 0.717) is 0 Å². The summed E-state index contributed by atoms with van der Waals surface area (Å²) in [5.74, 6) is 0. The Kier molecular flexibility index (Phi) is 2.45. The highest BCUT2D eigenvalue weighted by Crippen LogP contribution is 2.58. The van der Waals surface area contributed by atoms with Crippen LogP contribution in [0.1, 0.15) is 31.7 Å². The van der Waals surface area contributed by atoms with E-state index in [-0.39, 0.29) is 5.41 Å². The minimum absolute atomic E-state index is 0.178. The molecule has 0 amide bonds. The molecule has 18 heavy (non-hydrogen) atoms. The molecule has 0 unspecified atom stereocenters. The number of fused-ring (bicyclic) bond motifs is 2. The van der Waals surface area contributed by atoms with Gasteiger partial charge in [-0.15, -0.1) is 0 Å². The van der Waals surface area contributed by atoms with Gasteiger partial charge in [-0.2, -0.15) is 0 Å². The summed E-state index contributed by atoms with van der Waals surface area (Å²) in [5, 5.41) is 11.2. The fraction of sp³-hybridized carbons (Fsp3) is 0.500. The van der Waals surface area contributed by atoms with Crippen molar-refractivity contribution in [1.82, 2.24) is 0 Å². The van der Waals surface area contributed by atoms with Gasteiger partial charge < -0.3 is 9.84 Å². The van der Waals surface area contributed by atoms with Gasteiger partial charge >= 0.3 is 0 Å². The Morgan fingerprint density at radius 1 is 1.11 bits per heavy atom. The normalized spacial score (nSPS) is 42.2. The number of methoxy groups -OCH3 is 1. The van der Waals surface area contributed by atoms with Gasteiger partial charge in [0.2, 0.25) is 0 Å². The van der Waals surface area contributed by atoms with Crippen LogP contribution in [0.4, 0.5) is 0 Å². The molecular weight excluding hydrogens is 224 g/mol. The average Bonchev–Trinajstić information content (AvgIpc) is 2.72. The molecule has 2 bridgehead atoms. The summed E-state index contributed by atoms with van der Waals surface area (Å²) >= 11 is 0. The Hall–Kier alpha value is -1.12. The van der Waals surface area contributed by atoms with E-state index in [1.165, 1.54) is 0 Å². The van der Waals surface area contributed by atoms with E-state index in [9.17, 15) is 5.11 Å². The zero-order valence-corrected chi connectivity index (χ0v) is 11.0. The van der Waals surface area contributed by atoms with Crippen LogP contribution in [-0.4, -0.2) is 17.8 Å². The molecule has 1 fully saturated rings. The number of rotatable bonds is 2. The molecule has 0 aliphatic heterocycles. The quantitative estimate of drug-likeness (QED) is 0.810. The molecule has 1 aromatic carbocycles. The molecule has 0 heterocycles. The van der Waals surface area contributed by atoms with Crippen molar-refractivity contribution in [3.05, 3.63) is 48.0 Å². The molecule has 2 nitrogen and oxygen atoms in total. The minimum Gasteiger partial charge on any atom is -0.378 e. The fourth-order valence-corrected chi connectivity index (χ4v) is 3.64. The van der Waals surface area contributed by atoms with Crippen molar-refractivity contribution in [2.24, 2.45) is 5.41 Å². The van der Waals surface area contributed by atoms with Crippen molar-refractivity contribution in [3.8, 4) is 0 Å². The second-order valence-electron chi connectivity index (χ2n) is 5.99. The third kappa shape index (κ3) is 1.42. The monoisotopic (exact) mass is 244 g/mol. The number of hydrogen-bond donors (Lipinski definition) is 1. The lowest BCUT2D eigenvalue weighted by atomic mass is 9.69. The van der Waals surface area contributed by atoms with E-state index >= 15 is 0 Å². The molecule has 1 aromatic rings. The summed E-state index contributed by atoms with van der Waals surface area (Å²) in [5.41, 5.74) is -0.375. The maximum absolute atomic E-state index is 11.2. The van der Waals surface area contributed by atoms with Gasteiger partial charge in [0.05, 0.1) is 0 Å². The Bertz CT molecular complexity index is 481. The van der Waals surface area contributed by atoms with Gasteiger partial charge in [0.1, 0.15) is 11.2 Å². The molecule has 1 saturated carbocycles. The van der Waals surface area contributed by atoms with Gasteiger partial charge in [-0.1, -0.05) is 43.3 Å². The predicted molar refractivity (Wildman–Crippen MR) is 71.2 cm³/mol. The minimum atomic E-state index is -1.00. The van der Waals surface area contributed by atoms with Gasteiger partial charge in [0.15, 0.2) is 0 Å². The third-order valence-electron chi connectivity index (χ3n) is 4.82. The molecule has 3 atom stereocenters. The average molecular weight is 244 g/mol. The molecule has 3 rings (SSSR count). The highest BCUT2D eigenvalue weighted by atomic mass is 16.5. The Labute approximate surface area is 108 Å². The molecular formula is C16H20O2. The van der Waals surface area contributed by atoms with Crippen molar-refractivity contribution < 1.29 is 9.84 Å². The molecule has 1 N–H and O–H groups in total. The van der Waals surface area contributed by atoms with Crippen molar-refractivity contribution in [2.45, 2.75) is 37.4 Å². The lowest BCUT2D eigenvalue weighted by Gasteiger charge is -2.46. The van der Waals surface area contributed by atoms with Crippen LogP contribution in [0.5, 0.6) is 0 Å². The van der Waals surface area contributed by atoms with E-state index in [1.54, 1.807) is 7.11 Å². The molecule has 2 aliphatic rings. The highest BCUT2D eigenvalue weighted by molar-refractivity contribution is 5.37. The Morgan fingerprint density at radius 2 is 1.83 bits per heavy atom. The van der Waals surface area contributed by atoms with Crippen molar-refractivity contribution >= 4 is 0 Å². The van der Waals surface area contributed by atoms with Gasteiger partial charge in [-0.25, -0.2) is 0 Å². The third-order valence-corrected chi connectivity index (χ3v) is 4.82. The molecule has 0 spiro atoms. The molecule has 96 valence electrons. The van der Waals surface area contributed by atoms with Crippen molar-refractivity contribution in [1.29, 1.82) is 0 Å². The zero-order chi connectivity index (χ0) is 12.9. The molecule has 2 heteroatoms. The molecule has 0 aromatic heterocycles. The van der Waals surface area contributed by atoms with Crippen LogP contribution in [0.3, 0.4) is 0 Å². The summed E-state index contributed by atoms with van der Waals surface area (Å²) in [6.07, 6.45) is 6.98. The van der Waals surface area contributed by atoms with Crippen LogP contribution in [0, 0.1) is 5.41 Å². The van der Waals surface area contributed by atoms with Crippen LogP contribution < -0.4 is 0 Å². The van der Waals surface area contributed by atoms with Crippen LogP contribution in [0.25, 0.3) is 0 Å². The van der Waals surface area contributed by atoms with Gasteiger partial charge in [-0.3, -0.25) is 0 Å². The largest absolute Gasteiger partial charge is 0.378 e. The van der Waals surface area contributed by atoms with Crippen LogP contribution >= 0.6 is 0 Å². The van der Waals surface area contributed by atoms with E-state index in [4.69, 9.17) is 4.74 Å². The standard InChI is InChI=1S/C16H20O2/c1-14-8-10-15(12-14,18-2)16(17,11-9-14)13-6-4-3-5-7-13/h3-7,9,11,17H,8,10,12H2,1-2H3/t14-,15+,16-/m1/s1. The SMILES string of the molecule is CO[C@]12CC[C@](C)(C=C[C@@]1(O)c1ccccc1)C2. The topological polar surface area (TPSA) is 29.5 Å². The first kappa shape index (κ1) is 11.9. The second-order valence-corrected chi connectivity index (χ2v) is 5.99. The first-order chi connectivity index (χ1) is 8.54. The first-order valence-corrected chi connectivity index (χ1v) is 6.57. The van der Waals surface area contributed by atoms with Gasteiger partial charge in [-0.05, 0) is 36.3 Å². The number of ether oxygens (including phenoxy) is 1. The van der Waals surface area contributed by atoms with E-state index in [0.717, 1.165) is 24.8 Å². The fourth-order valence-electron chi connectivity index (χ4n) is 3.64. The van der Waals surface area contributed by atoms with Crippen molar-refractivity contribution in [2.75, 3.05) is 7.11 Å². The number of benzene rings is 1. The Balaban J connectivity index is 2.14. The van der Waals surface area contributed by atoms with E-state index in [2.05, 4.69) is 13.0 Å². The van der Waals surface area contributed by atoms with Gasteiger partial charge in [0.25, 0.3) is 0 Å². The summed E-state index contributed by atoms with van der Waals surface area (Å²) in [4.78, 5) is 0. The second kappa shape index (κ2) is 3.69. The van der Waals surface area contributed by atoms with Crippen LogP contribution in [0.2, 0.25) is 0 Å². The predicted octanol–water partition coefficient (Wildman–Crippen LogP) is 3.02. The van der Waals surface area contributed by atoms with Crippen molar-refractivity contribution in [3.63, 3.8) is 0 Å². The first-order valence-electron chi connectivity index (χ1n) is 6.57. The summed E-state index contributed by atoms with van der Waals surface area (Å²) < 4.78 is 5.80.